The van der Waals surface area contributed by atoms with Crippen LogP contribution < -0.4 is 11.1 Å². The Hall–Kier alpha value is -0.0800. The first-order valence-electron chi connectivity index (χ1n) is 4.68. The van der Waals surface area contributed by atoms with Crippen molar-refractivity contribution in [1.82, 2.24) is 5.32 Å². The molecule has 0 amide bonds. The Labute approximate surface area is 70.5 Å². The van der Waals surface area contributed by atoms with Crippen molar-refractivity contribution in [2.24, 2.45) is 11.7 Å². The van der Waals surface area contributed by atoms with E-state index < -0.39 is 0 Å². The van der Waals surface area contributed by atoms with Gasteiger partial charge in [0.2, 0.25) is 0 Å². The highest BCUT2D eigenvalue weighted by Gasteiger charge is 2.08. The number of nitrogens with one attached hydrogen (secondary N) is 1. The molecule has 2 atom stereocenters. The highest BCUT2D eigenvalue weighted by Crippen LogP contribution is 2.03. The molecule has 2 nitrogen and oxygen atoms in total. The monoisotopic (exact) mass is 158 g/mol. The van der Waals surface area contributed by atoms with Gasteiger partial charge in [-0.3, -0.25) is 0 Å². The summed E-state index contributed by atoms with van der Waals surface area (Å²) in [5, 5.41) is 3.33. The van der Waals surface area contributed by atoms with Crippen LogP contribution in [0.25, 0.3) is 0 Å². The summed E-state index contributed by atoms with van der Waals surface area (Å²) in [6, 6.07) is 0.326. The summed E-state index contributed by atoms with van der Waals surface area (Å²) in [6.07, 6.45) is 2.36. The number of hydrogen-bond donors (Lipinski definition) is 2. The van der Waals surface area contributed by atoms with Crippen LogP contribution in [0.1, 0.15) is 33.6 Å². The quantitative estimate of drug-likeness (QED) is 0.573. The Bertz CT molecular complexity index is 83.6. The van der Waals surface area contributed by atoms with Crippen molar-refractivity contribution in [2.45, 2.75) is 39.7 Å². The Balaban J connectivity index is 3.28. The van der Waals surface area contributed by atoms with Gasteiger partial charge in [0.1, 0.15) is 0 Å². The molecular weight excluding hydrogens is 136 g/mol. The summed E-state index contributed by atoms with van der Waals surface area (Å²) in [6.45, 7) is 8.61. The van der Waals surface area contributed by atoms with Crippen molar-refractivity contribution in [3.63, 3.8) is 0 Å². The van der Waals surface area contributed by atoms with Crippen LogP contribution in [-0.2, 0) is 0 Å². The normalized spacial score (nSPS) is 16.4. The van der Waals surface area contributed by atoms with Crippen LogP contribution in [0.4, 0.5) is 0 Å². The molecule has 0 fully saturated rings. The minimum Gasteiger partial charge on any atom is -0.326 e. The van der Waals surface area contributed by atoms with Crippen molar-refractivity contribution in [1.29, 1.82) is 0 Å². The zero-order valence-corrected chi connectivity index (χ0v) is 8.06. The predicted molar refractivity (Wildman–Crippen MR) is 50.6 cm³/mol. The molecule has 0 spiro atoms. The summed E-state index contributed by atoms with van der Waals surface area (Å²) >= 11 is 0. The van der Waals surface area contributed by atoms with E-state index >= 15 is 0 Å². The molecule has 3 N–H and O–H groups in total. The molecule has 0 bridgehead atoms. The van der Waals surface area contributed by atoms with Crippen LogP contribution >= 0.6 is 0 Å². The number of nitrogens with two attached hydrogens (primary N) is 1. The van der Waals surface area contributed by atoms with E-state index in [0.29, 0.717) is 12.0 Å². The standard InChI is InChI=1S/C9H22N2/c1-4-6-11-7-9(10)8(3)5-2/h8-9,11H,4-7,10H2,1-3H3. The second-order valence-corrected chi connectivity index (χ2v) is 3.25. The average Bonchev–Trinajstić information content (AvgIpc) is 2.03. The Kier molecular flexibility index (Phi) is 6.57. The average molecular weight is 158 g/mol. The third-order valence-electron chi connectivity index (χ3n) is 2.18. The molecule has 0 aromatic carbocycles. The molecule has 68 valence electrons. The van der Waals surface area contributed by atoms with E-state index in [0.717, 1.165) is 13.1 Å². The van der Waals surface area contributed by atoms with E-state index in [1.54, 1.807) is 0 Å². The van der Waals surface area contributed by atoms with E-state index in [4.69, 9.17) is 5.73 Å². The molecule has 0 aromatic rings. The van der Waals surface area contributed by atoms with E-state index in [1.807, 2.05) is 0 Å². The van der Waals surface area contributed by atoms with Gasteiger partial charge >= 0.3 is 0 Å². The second kappa shape index (κ2) is 6.62. The molecule has 0 saturated carbocycles. The summed E-state index contributed by atoms with van der Waals surface area (Å²) < 4.78 is 0. The van der Waals surface area contributed by atoms with Crippen LogP contribution in [0.15, 0.2) is 0 Å². The molecule has 0 rings (SSSR count). The highest BCUT2D eigenvalue weighted by atomic mass is 14.9. The molecule has 11 heavy (non-hydrogen) atoms. The van der Waals surface area contributed by atoms with Gasteiger partial charge in [-0.05, 0) is 18.9 Å². The SMILES string of the molecule is CCCNCC(N)C(C)CC. The Morgan fingerprint density at radius 2 is 2.00 bits per heavy atom. The zero-order valence-electron chi connectivity index (χ0n) is 8.06. The zero-order chi connectivity index (χ0) is 8.69. The first-order valence-corrected chi connectivity index (χ1v) is 4.68. The van der Waals surface area contributed by atoms with E-state index in [-0.39, 0.29) is 0 Å². The summed E-state index contributed by atoms with van der Waals surface area (Å²) in [5.41, 5.74) is 5.91. The van der Waals surface area contributed by atoms with E-state index in [9.17, 15) is 0 Å². The van der Waals surface area contributed by atoms with E-state index in [1.165, 1.54) is 12.8 Å². The third-order valence-corrected chi connectivity index (χ3v) is 2.18. The Morgan fingerprint density at radius 3 is 2.45 bits per heavy atom. The van der Waals surface area contributed by atoms with Gasteiger partial charge in [0.25, 0.3) is 0 Å². The van der Waals surface area contributed by atoms with Gasteiger partial charge in [0.05, 0.1) is 0 Å². The summed E-state index contributed by atoms with van der Waals surface area (Å²) in [4.78, 5) is 0. The van der Waals surface area contributed by atoms with Crippen LogP contribution in [0.5, 0.6) is 0 Å². The fraction of sp³-hybridized carbons (Fsp3) is 1.00. The first-order chi connectivity index (χ1) is 5.22. The largest absolute Gasteiger partial charge is 0.326 e. The maximum absolute atomic E-state index is 5.91. The summed E-state index contributed by atoms with van der Waals surface area (Å²) in [7, 11) is 0. The topological polar surface area (TPSA) is 38.0 Å². The van der Waals surface area contributed by atoms with Crippen molar-refractivity contribution < 1.29 is 0 Å². The van der Waals surface area contributed by atoms with Gasteiger partial charge in [-0.15, -0.1) is 0 Å². The van der Waals surface area contributed by atoms with Gasteiger partial charge in [-0.1, -0.05) is 27.2 Å². The minimum atomic E-state index is 0.326. The lowest BCUT2D eigenvalue weighted by atomic mass is 10.0. The lowest BCUT2D eigenvalue weighted by molar-refractivity contribution is 0.419. The molecule has 0 radical (unpaired) electrons. The van der Waals surface area contributed by atoms with Gasteiger partial charge in [-0.2, -0.15) is 0 Å². The van der Waals surface area contributed by atoms with Crippen molar-refractivity contribution in [3.8, 4) is 0 Å². The molecule has 0 aliphatic heterocycles. The number of hydrogen-bond acceptors (Lipinski definition) is 2. The van der Waals surface area contributed by atoms with E-state index in [2.05, 4.69) is 26.1 Å². The predicted octanol–water partition coefficient (Wildman–Crippen LogP) is 1.36. The molecule has 0 aromatic heterocycles. The number of rotatable bonds is 6. The molecule has 2 unspecified atom stereocenters. The maximum atomic E-state index is 5.91. The Morgan fingerprint density at radius 1 is 1.36 bits per heavy atom. The smallest absolute Gasteiger partial charge is 0.0191 e. The lowest BCUT2D eigenvalue weighted by Crippen LogP contribution is -2.38. The van der Waals surface area contributed by atoms with Crippen LogP contribution in [0.2, 0.25) is 0 Å². The van der Waals surface area contributed by atoms with Gasteiger partial charge in [0.15, 0.2) is 0 Å². The van der Waals surface area contributed by atoms with Crippen LogP contribution in [-0.4, -0.2) is 19.1 Å². The minimum absolute atomic E-state index is 0.326. The molecular formula is C9H22N2. The third kappa shape index (κ3) is 5.22. The molecule has 0 heterocycles. The first kappa shape index (κ1) is 10.9. The lowest BCUT2D eigenvalue weighted by Gasteiger charge is -2.18. The van der Waals surface area contributed by atoms with Crippen LogP contribution in [0.3, 0.4) is 0 Å². The fourth-order valence-corrected chi connectivity index (χ4v) is 0.949. The van der Waals surface area contributed by atoms with Crippen molar-refractivity contribution in [3.05, 3.63) is 0 Å². The molecule has 0 saturated heterocycles. The van der Waals surface area contributed by atoms with Gasteiger partial charge < -0.3 is 11.1 Å². The van der Waals surface area contributed by atoms with Crippen molar-refractivity contribution >= 4 is 0 Å². The molecule has 2 heteroatoms. The van der Waals surface area contributed by atoms with Gasteiger partial charge in [0, 0.05) is 12.6 Å². The highest BCUT2D eigenvalue weighted by molar-refractivity contribution is 4.69. The second-order valence-electron chi connectivity index (χ2n) is 3.25. The maximum Gasteiger partial charge on any atom is 0.0191 e. The van der Waals surface area contributed by atoms with Gasteiger partial charge in [-0.25, -0.2) is 0 Å². The van der Waals surface area contributed by atoms with Crippen LogP contribution in [0, 0.1) is 5.92 Å². The van der Waals surface area contributed by atoms with Crippen molar-refractivity contribution in [2.75, 3.05) is 13.1 Å². The fourth-order valence-electron chi connectivity index (χ4n) is 0.949. The molecule has 0 aliphatic rings. The molecule has 0 aliphatic carbocycles. The summed E-state index contributed by atoms with van der Waals surface area (Å²) in [5.74, 6) is 0.638.